The zero-order valence-corrected chi connectivity index (χ0v) is 15.1. The van der Waals surface area contributed by atoms with E-state index in [2.05, 4.69) is 0 Å². The molecular weight excluding hydrogens is 309 g/mol. The topological polar surface area (TPSA) is 104 Å². The molecule has 1 aliphatic rings. The summed E-state index contributed by atoms with van der Waals surface area (Å²) in [6.07, 6.45) is -0.341. The van der Waals surface area contributed by atoms with Crippen LogP contribution in [0.5, 0.6) is 0 Å². The number of non-ortho nitro benzene ring substituents is 1. The molecule has 0 radical (unpaired) electrons. The number of aliphatic carboxylic acids is 1. The van der Waals surface area contributed by atoms with E-state index in [1.165, 1.54) is 23.9 Å². The Morgan fingerprint density at radius 2 is 2.25 bits per heavy atom. The van der Waals surface area contributed by atoms with E-state index >= 15 is 0 Å². The van der Waals surface area contributed by atoms with Crippen LogP contribution in [0, 0.1) is 10.1 Å². The first-order chi connectivity index (χ1) is 8.82. The van der Waals surface area contributed by atoms with Gasteiger partial charge in [0.15, 0.2) is 0 Å². The smallest absolute Gasteiger partial charge is 0.550 e. The van der Waals surface area contributed by atoms with Crippen molar-refractivity contribution in [2.24, 2.45) is 0 Å². The van der Waals surface area contributed by atoms with Crippen LogP contribution in [0.25, 0.3) is 0 Å². The molecule has 0 aliphatic carbocycles. The van der Waals surface area contributed by atoms with Crippen LogP contribution in [0.2, 0.25) is 0 Å². The van der Waals surface area contributed by atoms with E-state index in [-0.39, 0.29) is 68.7 Å². The van der Waals surface area contributed by atoms with Gasteiger partial charge in [0.2, 0.25) is 0 Å². The van der Waals surface area contributed by atoms with Gasteiger partial charge in [0.05, 0.1) is 10.5 Å². The molecule has 0 fully saturated rings. The quantitative estimate of drug-likeness (QED) is 0.385. The summed E-state index contributed by atoms with van der Waals surface area (Å²) in [4.78, 5) is 21.7. The van der Waals surface area contributed by atoms with Crippen LogP contribution in [-0.2, 0) is 10.4 Å². The molecule has 1 aromatic rings. The molecule has 0 saturated carbocycles. The van der Waals surface area contributed by atoms with Crippen LogP contribution < -0.4 is 56.5 Å². The third-order valence-electron chi connectivity index (χ3n) is 3.07. The van der Waals surface area contributed by atoms with Crippen molar-refractivity contribution in [3.8, 4) is 0 Å². The van der Waals surface area contributed by atoms with Gasteiger partial charge in [-0.2, -0.15) is 0 Å². The Morgan fingerprint density at radius 1 is 1.60 bits per heavy atom. The number of hydrogen-bond donors (Lipinski definition) is 1. The van der Waals surface area contributed by atoms with Crippen molar-refractivity contribution in [2.45, 2.75) is 35.5 Å². The Bertz CT molecular complexity index is 553. The van der Waals surface area contributed by atoms with Gasteiger partial charge >= 0.3 is 51.4 Å². The summed E-state index contributed by atoms with van der Waals surface area (Å²) in [6, 6.07) is 4.15. The van der Waals surface area contributed by atoms with Crippen LogP contribution in [0.4, 0.5) is 5.69 Å². The van der Waals surface area contributed by atoms with E-state index < -0.39 is 22.9 Å². The number of carboxylic acid groups (broad SMARTS) is 1. The molecule has 1 aromatic carbocycles. The van der Waals surface area contributed by atoms with E-state index in [0.717, 1.165) is 0 Å². The van der Waals surface area contributed by atoms with Crippen LogP contribution in [0.15, 0.2) is 23.1 Å². The molecule has 2 atom stereocenters. The number of aliphatic hydroxyl groups is 1. The number of nitro benzene ring substituents is 1. The Hall–Kier alpha value is 0.0364. The number of rotatable bonds is 3. The van der Waals surface area contributed by atoms with Gasteiger partial charge < -0.3 is 15.0 Å². The first-order valence-corrected chi connectivity index (χ1v) is 6.57. The number of thioether (sulfide) groups is 1. The molecule has 6 nitrogen and oxygen atoms in total. The number of fused-ring (bicyclic) bond motifs is 1. The fourth-order valence-electron chi connectivity index (χ4n) is 2.35. The van der Waals surface area contributed by atoms with Crippen molar-refractivity contribution in [3.63, 3.8) is 0 Å². The van der Waals surface area contributed by atoms with Crippen molar-refractivity contribution in [1.82, 2.24) is 0 Å². The fraction of sp³-hybridized carbons (Fsp3) is 0.417. The van der Waals surface area contributed by atoms with Gasteiger partial charge in [-0.25, -0.2) is 0 Å². The zero-order valence-electron chi connectivity index (χ0n) is 11.2. The predicted octanol–water partition coefficient (Wildman–Crippen LogP) is -2.19. The molecule has 1 aliphatic heterocycles. The molecule has 0 unspecified atom stereocenters. The van der Waals surface area contributed by atoms with Gasteiger partial charge in [0.1, 0.15) is 0 Å². The van der Waals surface area contributed by atoms with Crippen LogP contribution in [0.1, 0.15) is 25.3 Å². The van der Waals surface area contributed by atoms with E-state index in [9.17, 15) is 25.1 Å². The van der Waals surface area contributed by atoms with Crippen molar-refractivity contribution in [1.29, 1.82) is 0 Å². The normalized spacial score (nSPS) is 24.4. The molecular formula is C12H12KNO5S. The van der Waals surface area contributed by atoms with Gasteiger partial charge in [-0.15, -0.1) is 11.8 Å². The number of carbonyl (C=O) groups excluding carboxylic acids is 1. The van der Waals surface area contributed by atoms with Gasteiger partial charge in [-0.1, -0.05) is 6.92 Å². The number of nitro groups is 1. The van der Waals surface area contributed by atoms with Crippen molar-refractivity contribution in [2.75, 3.05) is 0 Å². The number of nitrogens with zero attached hydrogens (tertiary/aromatic N) is 1. The summed E-state index contributed by atoms with van der Waals surface area (Å²) in [5.41, 5.74) is -1.47. The Balaban J connectivity index is 0.00000200. The maximum Gasteiger partial charge on any atom is 1.00 e. The third-order valence-corrected chi connectivity index (χ3v) is 4.24. The van der Waals surface area contributed by atoms with Gasteiger partial charge in [0, 0.05) is 40.2 Å². The molecule has 0 spiro atoms. The standard InChI is InChI=1S/C12H13NO5S.K/c1-7-5-12(16,6-11(14)15)9-4-8(13(17)18)2-3-10(9)19-7;/h2-4,7,16H,5-6H2,1H3,(H,14,15);/q;+1/p-1/t7-,12-;/m1./s1. The Morgan fingerprint density at radius 3 is 2.80 bits per heavy atom. The molecule has 20 heavy (non-hydrogen) atoms. The van der Waals surface area contributed by atoms with Crippen molar-refractivity contribution < 1.29 is 71.3 Å². The first-order valence-electron chi connectivity index (χ1n) is 5.69. The second-order valence-electron chi connectivity index (χ2n) is 4.65. The van der Waals surface area contributed by atoms with Gasteiger partial charge in [-0.05, 0) is 12.5 Å². The summed E-state index contributed by atoms with van der Waals surface area (Å²) in [7, 11) is 0. The summed E-state index contributed by atoms with van der Waals surface area (Å²) in [6.45, 7) is 1.87. The summed E-state index contributed by atoms with van der Waals surface area (Å²) >= 11 is 1.47. The number of carbonyl (C=O) groups is 1. The summed E-state index contributed by atoms with van der Waals surface area (Å²) in [5.74, 6) is -1.38. The Labute approximate surface area is 162 Å². The average molecular weight is 321 g/mol. The molecule has 1 heterocycles. The minimum atomic E-state index is -1.61. The maximum absolute atomic E-state index is 10.8. The average Bonchev–Trinajstić information content (AvgIpc) is 2.26. The summed E-state index contributed by atoms with van der Waals surface area (Å²) < 4.78 is 0. The van der Waals surface area contributed by atoms with E-state index in [4.69, 9.17) is 0 Å². The number of hydrogen-bond acceptors (Lipinski definition) is 6. The van der Waals surface area contributed by atoms with Crippen LogP contribution in [0.3, 0.4) is 0 Å². The van der Waals surface area contributed by atoms with E-state index in [1.54, 1.807) is 6.07 Å². The SMILES string of the molecule is C[C@@H]1C[C@@](O)(CC(=O)[O-])c2cc([N+](=O)[O-])ccc2S1.[K+]. The minimum absolute atomic E-state index is 0. The first kappa shape index (κ1) is 18.1. The fourth-order valence-corrected chi connectivity index (χ4v) is 3.66. The molecule has 0 amide bonds. The molecule has 102 valence electrons. The van der Waals surface area contributed by atoms with Gasteiger partial charge in [-0.3, -0.25) is 10.1 Å². The third kappa shape index (κ3) is 3.82. The summed E-state index contributed by atoms with van der Waals surface area (Å²) in [5, 5.41) is 32.1. The molecule has 0 aromatic heterocycles. The maximum atomic E-state index is 10.8. The van der Waals surface area contributed by atoms with Crippen LogP contribution in [-0.4, -0.2) is 21.2 Å². The predicted molar refractivity (Wildman–Crippen MR) is 66.6 cm³/mol. The molecule has 0 bridgehead atoms. The largest absolute Gasteiger partial charge is 1.00 e. The van der Waals surface area contributed by atoms with E-state index in [0.29, 0.717) is 10.5 Å². The second-order valence-corrected chi connectivity index (χ2v) is 6.13. The van der Waals surface area contributed by atoms with Crippen molar-refractivity contribution >= 4 is 23.4 Å². The minimum Gasteiger partial charge on any atom is -0.550 e. The molecule has 8 heteroatoms. The second kappa shape index (κ2) is 6.86. The monoisotopic (exact) mass is 321 g/mol. The Kier molecular flexibility index (Phi) is 6.21. The van der Waals surface area contributed by atoms with Crippen LogP contribution >= 0.6 is 11.8 Å². The molecule has 1 N–H and O–H groups in total. The van der Waals surface area contributed by atoms with Crippen molar-refractivity contribution in [3.05, 3.63) is 33.9 Å². The zero-order chi connectivity index (χ0) is 14.2. The molecule has 0 saturated heterocycles. The number of carboxylic acids is 1. The number of benzene rings is 1. The molecule has 2 rings (SSSR count). The van der Waals surface area contributed by atoms with Gasteiger partial charge in [0.25, 0.3) is 5.69 Å². The van der Waals surface area contributed by atoms with E-state index in [1.807, 2.05) is 6.92 Å².